The van der Waals surface area contributed by atoms with E-state index >= 15 is 0 Å². The maximum atomic E-state index is 12.5. The second-order valence-electron chi connectivity index (χ2n) is 5.17. The molecule has 0 saturated carbocycles. The van der Waals surface area contributed by atoms with E-state index in [9.17, 15) is 9.59 Å². The van der Waals surface area contributed by atoms with Gasteiger partial charge in [0.05, 0.1) is 11.4 Å². The zero-order valence-corrected chi connectivity index (χ0v) is 12.6. The van der Waals surface area contributed by atoms with Crippen molar-refractivity contribution in [3.8, 4) is 0 Å². The average Bonchev–Trinajstić information content (AvgIpc) is 2.53. The maximum absolute atomic E-state index is 12.5. The molecule has 22 heavy (non-hydrogen) atoms. The first-order valence-corrected chi connectivity index (χ1v) is 7.45. The van der Waals surface area contributed by atoms with Gasteiger partial charge in [0.15, 0.2) is 0 Å². The standard InChI is InChI=1S/C17H15ClN2O2/c18-13-8-5-12(6-9-13)7-10-17(22)20-11-16(21)19-14-3-1-2-4-15(14)20/h1-6,8-9H,7,10-11H2,(H,19,21). The van der Waals surface area contributed by atoms with E-state index in [-0.39, 0.29) is 18.4 Å². The van der Waals surface area contributed by atoms with Gasteiger partial charge in [-0.1, -0.05) is 35.9 Å². The number of nitrogens with one attached hydrogen (secondary N) is 1. The predicted molar refractivity (Wildman–Crippen MR) is 87.2 cm³/mol. The molecule has 1 heterocycles. The Kier molecular flexibility index (Phi) is 4.11. The third kappa shape index (κ3) is 3.12. The van der Waals surface area contributed by atoms with E-state index in [1.807, 2.05) is 42.5 Å². The van der Waals surface area contributed by atoms with Crippen molar-refractivity contribution in [2.24, 2.45) is 0 Å². The number of aryl methyl sites for hydroxylation is 1. The number of nitrogens with zero attached hydrogens (tertiary/aromatic N) is 1. The topological polar surface area (TPSA) is 49.4 Å². The van der Waals surface area contributed by atoms with Gasteiger partial charge in [-0.3, -0.25) is 9.59 Å². The number of halogens is 1. The Hall–Kier alpha value is -2.33. The normalized spacial score (nSPS) is 13.5. The van der Waals surface area contributed by atoms with Crippen molar-refractivity contribution in [2.75, 3.05) is 16.8 Å². The number of carbonyl (C=O) groups excluding carboxylic acids is 2. The highest BCUT2D eigenvalue weighted by molar-refractivity contribution is 6.30. The lowest BCUT2D eigenvalue weighted by Crippen LogP contribution is -2.42. The van der Waals surface area contributed by atoms with Gasteiger partial charge in [-0.2, -0.15) is 0 Å². The molecule has 2 aromatic rings. The van der Waals surface area contributed by atoms with Crippen LogP contribution >= 0.6 is 11.6 Å². The molecular weight excluding hydrogens is 300 g/mol. The van der Waals surface area contributed by atoms with E-state index in [1.165, 1.54) is 0 Å². The summed E-state index contributed by atoms with van der Waals surface area (Å²) < 4.78 is 0. The Labute approximate surface area is 133 Å². The highest BCUT2D eigenvalue weighted by Gasteiger charge is 2.26. The van der Waals surface area contributed by atoms with Crippen molar-refractivity contribution in [1.82, 2.24) is 0 Å². The highest BCUT2D eigenvalue weighted by Crippen LogP contribution is 2.29. The van der Waals surface area contributed by atoms with Gasteiger partial charge in [-0.15, -0.1) is 0 Å². The van der Waals surface area contributed by atoms with E-state index in [4.69, 9.17) is 11.6 Å². The van der Waals surface area contributed by atoms with Gasteiger partial charge in [0, 0.05) is 11.4 Å². The molecule has 1 aliphatic rings. The van der Waals surface area contributed by atoms with E-state index in [0.29, 0.717) is 23.6 Å². The van der Waals surface area contributed by atoms with E-state index < -0.39 is 0 Å². The summed E-state index contributed by atoms with van der Waals surface area (Å²) in [4.78, 5) is 25.7. The van der Waals surface area contributed by atoms with Crippen LogP contribution in [0.4, 0.5) is 11.4 Å². The zero-order valence-electron chi connectivity index (χ0n) is 11.9. The highest BCUT2D eigenvalue weighted by atomic mass is 35.5. The molecule has 3 rings (SSSR count). The summed E-state index contributed by atoms with van der Waals surface area (Å²) >= 11 is 5.85. The van der Waals surface area contributed by atoms with Crippen molar-refractivity contribution in [1.29, 1.82) is 0 Å². The van der Waals surface area contributed by atoms with E-state index in [2.05, 4.69) is 5.32 Å². The molecule has 5 heteroatoms. The fourth-order valence-corrected chi connectivity index (χ4v) is 2.62. The van der Waals surface area contributed by atoms with Crippen LogP contribution in [0.5, 0.6) is 0 Å². The summed E-state index contributed by atoms with van der Waals surface area (Å²) in [6, 6.07) is 14.8. The molecule has 0 spiro atoms. The maximum Gasteiger partial charge on any atom is 0.244 e. The van der Waals surface area contributed by atoms with Crippen molar-refractivity contribution >= 4 is 34.8 Å². The Morgan fingerprint density at radius 3 is 2.64 bits per heavy atom. The average molecular weight is 315 g/mol. The Morgan fingerprint density at radius 1 is 1.14 bits per heavy atom. The minimum absolute atomic E-state index is 0.0581. The van der Waals surface area contributed by atoms with Crippen LogP contribution in [-0.2, 0) is 16.0 Å². The lowest BCUT2D eigenvalue weighted by atomic mass is 10.1. The third-order valence-electron chi connectivity index (χ3n) is 3.61. The van der Waals surface area contributed by atoms with Crippen molar-refractivity contribution in [2.45, 2.75) is 12.8 Å². The summed E-state index contributed by atoms with van der Waals surface area (Å²) in [6.45, 7) is 0.0659. The molecule has 0 aliphatic carbocycles. The first-order chi connectivity index (χ1) is 10.6. The lowest BCUT2D eigenvalue weighted by molar-refractivity contribution is -0.121. The minimum Gasteiger partial charge on any atom is -0.323 e. The SMILES string of the molecule is O=C1CN(C(=O)CCc2ccc(Cl)cc2)c2ccccc2N1. The first-order valence-electron chi connectivity index (χ1n) is 7.07. The number of benzene rings is 2. The first kappa shape index (κ1) is 14.6. The van der Waals surface area contributed by atoms with Crippen LogP contribution < -0.4 is 10.2 Å². The van der Waals surface area contributed by atoms with Gasteiger partial charge in [-0.25, -0.2) is 0 Å². The zero-order chi connectivity index (χ0) is 15.5. The van der Waals surface area contributed by atoms with Crippen molar-refractivity contribution < 1.29 is 9.59 Å². The van der Waals surface area contributed by atoms with Crippen LogP contribution in [0, 0.1) is 0 Å². The molecule has 0 fully saturated rings. The quantitative estimate of drug-likeness (QED) is 0.945. The monoisotopic (exact) mass is 314 g/mol. The number of hydrogen-bond donors (Lipinski definition) is 1. The second-order valence-corrected chi connectivity index (χ2v) is 5.61. The van der Waals surface area contributed by atoms with Crippen LogP contribution in [0.3, 0.4) is 0 Å². The molecule has 4 nitrogen and oxygen atoms in total. The summed E-state index contributed by atoms with van der Waals surface area (Å²) in [5, 5.41) is 3.45. The molecule has 0 unspecified atom stereocenters. The molecule has 1 N–H and O–H groups in total. The van der Waals surface area contributed by atoms with E-state index in [1.54, 1.807) is 11.0 Å². The largest absolute Gasteiger partial charge is 0.323 e. The van der Waals surface area contributed by atoms with Crippen LogP contribution in [0.2, 0.25) is 5.02 Å². The second kappa shape index (κ2) is 6.20. The molecule has 0 radical (unpaired) electrons. The number of carbonyl (C=O) groups is 2. The molecule has 0 aromatic heterocycles. The summed E-state index contributed by atoms with van der Waals surface area (Å²) in [7, 11) is 0. The molecule has 1 aliphatic heterocycles. The summed E-state index contributed by atoms with van der Waals surface area (Å²) in [5.74, 6) is -0.226. The molecule has 2 amide bonds. The number of anilines is 2. The number of para-hydroxylation sites is 2. The number of rotatable bonds is 3. The Bertz CT molecular complexity index is 713. The van der Waals surface area contributed by atoms with Gasteiger partial charge in [0.2, 0.25) is 11.8 Å². The Balaban J connectivity index is 1.72. The van der Waals surface area contributed by atoms with Crippen molar-refractivity contribution in [3.63, 3.8) is 0 Å². The smallest absolute Gasteiger partial charge is 0.244 e. The van der Waals surface area contributed by atoms with Crippen LogP contribution in [0.25, 0.3) is 0 Å². The van der Waals surface area contributed by atoms with Crippen LogP contribution in [0.1, 0.15) is 12.0 Å². The Morgan fingerprint density at radius 2 is 1.86 bits per heavy atom. The van der Waals surface area contributed by atoms with Gasteiger partial charge in [-0.05, 0) is 36.2 Å². The summed E-state index contributed by atoms with van der Waals surface area (Å²) in [6.07, 6.45) is 0.972. The van der Waals surface area contributed by atoms with Crippen LogP contribution in [-0.4, -0.2) is 18.4 Å². The van der Waals surface area contributed by atoms with Gasteiger partial charge in [0.25, 0.3) is 0 Å². The number of hydrogen-bond acceptors (Lipinski definition) is 2. The van der Waals surface area contributed by atoms with Gasteiger partial charge in [0.1, 0.15) is 6.54 Å². The molecule has 0 saturated heterocycles. The molecule has 0 atom stereocenters. The van der Waals surface area contributed by atoms with Crippen molar-refractivity contribution in [3.05, 3.63) is 59.1 Å². The van der Waals surface area contributed by atoms with Gasteiger partial charge < -0.3 is 10.2 Å². The molecule has 112 valence electrons. The molecule has 2 aromatic carbocycles. The predicted octanol–water partition coefficient (Wildman–Crippen LogP) is 3.26. The fourth-order valence-electron chi connectivity index (χ4n) is 2.49. The minimum atomic E-state index is -0.168. The van der Waals surface area contributed by atoms with Gasteiger partial charge >= 0.3 is 0 Å². The summed E-state index contributed by atoms with van der Waals surface area (Å²) in [5.41, 5.74) is 2.48. The number of fused-ring (bicyclic) bond motifs is 1. The molecule has 0 bridgehead atoms. The van der Waals surface area contributed by atoms with Crippen LogP contribution in [0.15, 0.2) is 48.5 Å². The molecular formula is C17H15ClN2O2. The van der Waals surface area contributed by atoms with E-state index in [0.717, 1.165) is 11.3 Å². The fraction of sp³-hybridized carbons (Fsp3) is 0.176. The number of amides is 2. The third-order valence-corrected chi connectivity index (χ3v) is 3.86. The lowest BCUT2D eigenvalue weighted by Gasteiger charge is -2.29.